The van der Waals surface area contributed by atoms with Gasteiger partial charge in [0, 0.05) is 25.2 Å². The van der Waals surface area contributed by atoms with Crippen LogP contribution < -0.4 is 4.74 Å². The lowest BCUT2D eigenvalue weighted by Crippen LogP contribution is -2.31. The molecule has 1 aliphatic heterocycles. The highest BCUT2D eigenvalue weighted by Gasteiger charge is 2.38. The second-order valence-electron chi connectivity index (χ2n) is 6.35. The maximum Gasteiger partial charge on any atom is 0.167 e. The van der Waals surface area contributed by atoms with Gasteiger partial charge in [0.15, 0.2) is 11.6 Å². The lowest BCUT2D eigenvalue weighted by Gasteiger charge is -2.26. The maximum atomic E-state index is 14.1. The first-order chi connectivity index (χ1) is 11.4. The molecule has 0 unspecified atom stereocenters. The van der Waals surface area contributed by atoms with Crippen molar-refractivity contribution in [2.75, 3.05) is 20.2 Å². The number of methoxy groups -OCH3 is 1. The van der Waals surface area contributed by atoms with Crippen molar-refractivity contribution in [2.45, 2.75) is 25.5 Å². The number of aliphatic hydroxyl groups is 1. The molecule has 1 heterocycles. The van der Waals surface area contributed by atoms with Gasteiger partial charge in [-0.15, -0.1) is 0 Å². The van der Waals surface area contributed by atoms with E-state index in [4.69, 9.17) is 4.74 Å². The first-order valence-corrected chi connectivity index (χ1v) is 7.96. The fraction of sp³-hybridized carbons (Fsp3) is 0.368. The molecule has 3 rings (SSSR count). The molecule has 128 valence electrons. The molecular formula is C19H21F2NO2. The van der Waals surface area contributed by atoms with E-state index in [1.165, 1.54) is 13.2 Å². The zero-order valence-corrected chi connectivity index (χ0v) is 13.9. The predicted octanol–water partition coefficient (Wildman–Crippen LogP) is 3.38. The monoisotopic (exact) mass is 333 g/mol. The van der Waals surface area contributed by atoms with Gasteiger partial charge < -0.3 is 9.84 Å². The molecule has 0 amide bonds. The third-order valence-corrected chi connectivity index (χ3v) is 4.73. The van der Waals surface area contributed by atoms with Gasteiger partial charge in [-0.3, -0.25) is 4.90 Å². The van der Waals surface area contributed by atoms with Crippen LogP contribution in [0.1, 0.15) is 23.1 Å². The SMILES string of the molecule is COc1ccc(F)c(F)c1CN1CC[C@](O)(c2ccccc2C)C1. The van der Waals surface area contributed by atoms with Gasteiger partial charge in [-0.25, -0.2) is 8.78 Å². The molecule has 0 aromatic heterocycles. The highest BCUT2D eigenvalue weighted by atomic mass is 19.2. The third kappa shape index (κ3) is 3.01. The van der Waals surface area contributed by atoms with Crippen LogP contribution in [0.15, 0.2) is 36.4 Å². The van der Waals surface area contributed by atoms with Crippen LogP contribution in [-0.2, 0) is 12.1 Å². The Morgan fingerprint density at radius 3 is 2.67 bits per heavy atom. The summed E-state index contributed by atoms with van der Waals surface area (Å²) in [4.78, 5) is 1.92. The van der Waals surface area contributed by atoms with E-state index in [2.05, 4.69) is 0 Å². The van der Waals surface area contributed by atoms with Crippen molar-refractivity contribution in [3.05, 3.63) is 64.7 Å². The second-order valence-corrected chi connectivity index (χ2v) is 6.35. The molecule has 1 saturated heterocycles. The van der Waals surface area contributed by atoms with Crippen molar-refractivity contribution >= 4 is 0 Å². The van der Waals surface area contributed by atoms with Crippen molar-refractivity contribution in [1.29, 1.82) is 0 Å². The number of hydrogen-bond donors (Lipinski definition) is 1. The van der Waals surface area contributed by atoms with Gasteiger partial charge in [-0.05, 0) is 36.6 Å². The topological polar surface area (TPSA) is 32.7 Å². The summed E-state index contributed by atoms with van der Waals surface area (Å²) < 4.78 is 32.8. The lowest BCUT2D eigenvalue weighted by atomic mass is 9.89. The van der Waals surface area contributed by atoms with Crippen molar-refractivity contribution < 1.29 is 18.6 Å². The van der Waals surface area contributed by atoms with Crippen LogP contribution in [0.3, 0.4) is 0 Å². The summed E-state index contributed by atoms with van der Waals surface area (Å²) >= 11 is 0. The lowest BCUT2D eigenvalue weighted by molar-refractivity contribution is 0.0444. The van der Waals surface area contributed by atoms with E-state index in [1.807, 2.05) is 36.1 Å². The summed E-state index contributed by atoms with van der Waals surface area (Å²) in [5.74, 6) is -1.46. The van der Waals surface area contributed by atoms with Crippen molar-refractivity contribution in [1.82, 2.24) is 4.90 Å². The summed E-state index contributed by atoms with van der Waals surface area (Å²) in [6.07, 6.45) is 0.553. The number of benzene rings is 2. The minimum Gasteiger partial charge on any atom is -0.496 e. The Balaban J connectivity index is 1.83. The Labute approximate surface area is 140 Å². The van der Waals surface area contributed by atoms with Crippen LogP contribution in [0.25, 0.3) is 0 Å². The zero-order valence-electron chi connectivity index (χ0n) is 13.9. The summed E-state index contributed by atoms with van der Waals surface area (Å²) in [5.41, 5.74) is 1.13. The normalized spacial score (nSPS) is 21.2. The molecule has 2 aromatic rings. The molecule has 24 heavy (non-hydrogen) atoms. The summed E-state index contributed by atoms with van der Waals surface area (Å²) in [5, 5.41) is 11.0. The van der Waals surface area contributed by atoms with Crippen LogP contribution in [0.5, 0.6) is 5.75 Å². The summed E-state index contributed by atoms with van der Waals surface area (Å²) in [7, 11) is 1.43. The van der Waals surface area contributed by atoms with E-state index < -0.39 is 17.2 Å². The highest BCUT2D eigenvalue weighted by molar-refractivity contribution is 5.36. The van der Waals surface area contributed by atoms with Crippen LogP contribution in [0.2, 0.25) is 0 Å². The van der Waals surface area contributed by atoms with Crippen molar-refractivity contribution in [3.8, 4) is 5.75 Å². The standard InChI is InChI=1S/C19H21F2NO2/c1-13-5-3-4-6-15(13)19(23)9-10-22(12-19)11-14-17(24-2)8-7-16(20)18(14)21/h3-8,23H,9-12H2,1-2H3/t19-/m1/s1. The Morgan fingerprint density at radius 1 is 1.21 bits per heavy atom. The Hall–Kier alpha value is -1.98. The minimum absolute atomic E-state index is 0.187. The first kappa shape index (κ1) is 16.9. The number of likely N-dealkylation sites (tertiary alicyclic amines) is 1. The first-order valence-electron chi connectivity index (χ1n) is 7.96. The number of halogens is 2. The number of hydrogen-bond acceptors (Lipinski definition) is 3. The molecule has 2 aromatic carbocycles. The van der Waals surface area contributed by atoms with E-state index in [-0.39, 0.29) is 12.1 Å². The molecule has 0 radical (unpaired) electrons. The minimum atomic E-state index is -0.970. The smallest absolute Gasteiger partial charge is 0.167 e. The molecule has 0 aliphatic carbocycles. The Bertz CT molecular complexity index is 750. The quantitative estimate of drug-likeness (QED) is 0.931. The average molecular weight is 333 g/mol. The van der Waals surface area contributed by atoms with Gasteiger partial charge in [0.05, 0.1) is 7.11 Å². The summed E-state index contributed by atoms with van der Waals surface area (Å²) in [6.45, 7) is 3.13. The van der Waals surface area contributed by atoms with Gasteiger partial charge >= 0.3 is 0 Å². The van der Waals surface area contributed by atoms with Crippen LogP contribution >= 0.6 is 0 Å². The van der Waals surface area contributed by atoms with Crippen LogP contribution in [0.4, 0.5) is 8.78 Å². The maximum absolute atomic E-state index is 14.1. The van der Waals surface area contributed by atoms with Crippen LogP contribution in [0, 0.1) is 18.6 Å². The molecule has 1 aliphatic rings. The predicted molar refractivity (Wildman–Crippen MR) is 87.9 cm³/mol. The number of rotatable bonds is 4. The largest absolute Gasteiger partial charge is 0.496 e. The summed E-state index contributed by atoms with van der Waals surface area (Å²) in [6, 6.07) is 10.2. The highest BCUT2D eigenvalue weighted by Crippen LogP contribution is 2.35. The van der Waals surface area contributed by atoms with Gasteiger partial charge in [0.2, 0.25) is 0 Å². The average Bonchev–Trinajstić information content (AvgIpc) is 2.94. The van der Waals surface area contributed by atoms with Gasteiger partial charge in [-0.1, -0.05) is 24.3 Å². The molecule has 1 atom stereocenters. The number of nitrogens with zero attached hydrogens (tertiary/aromatic N) is 1. The molecule has 0 bridgehead atoms. The van der Waals surface area contributed by atoms with Gasteiger partial charge in [-0.2, -0.15) is 0 Å². The molecule has 3 nitrogen and oxygen atoms in total. The van der Waals surface area contributed by atoms with E-state index in [1.54, 1.807) is 0 Å². The van der Waals surface area contributed by atoms with E-state index in [0.717, 1.165) is 17.2 Å². The van der Waals surface area contributed by atoms with E-state index in [0.29, 0.717) is 25.3 Å². The zero-order chi connectivity index (χ0) is 17.3. The van der Waals surface area contributed by atoms with Gasteiger partial charge in [0.25, 0.3) is 0 Å². The fourth-order valence-corrected chi connectivity index (χ4v) is 3.46. The van der Waals surface area contributed by atoms with E-state index >= 15 is 0 Å². The molecule has 5 heteroatoms. The van der Waals surface area contributed by atoms with Crippen molar-refractivity contribution in [3.63, 3.8) is 0 Å². The third-order valence-electron chi connectivity index (χ3n) is 4.73. The van der Waals surface area contributed by atoms with Gasteiger partial charge in [0.1, 0.15) is 11.4 Å². The van der Waals surface area contributed by atoms with E-state index in [9.17, 15) is 13.9 Å². The molecular weight excluding hydrogens is 312 g/mol. The van der Waals surface area contributed by atoms with Crippen LogP contribution in [-0.4, -0.2) is 30.2 Å². The number of aryl methyl sites for hydroxylation is 1. The Kier molecular flexibility index (Phi) is 4.56. The second kappa shape index (κ2) is 6.49. The molecule has 0 spiro atoms. The fourth-order valence-electron chi connectivity index (χ4n) is 3.46. The molecule has 1 N–H and O–H groups in total. The molecule has 1 fully saturated rings. The van der Waals surface area contributed by atoms with Crippen molar-refractivity contribution in [2.24, 2.45) is 0 Å². The number of β-amino-alcohol motifs (C(OH)–C–C–N with tert-alkyl or cyclic N) is 1. The number of ether oxygens (including phenoxy) is 1. The Morgan fingerprint density at radius 2 is 1.96 bits per heavy atom. The molecule has 0 saturated carbocycles.